The van der Waals surface area contributed by atoms with E-state index in [0.29, 0.717) is 6.42 Å². The number of benzene rings is 1. The highest BCUT2D eigenvalue weighted by atomic mass is 16.6. The van der Waals surface area contributed by atoms with Crippen LogP contribution in [0.25, 0.3) is 0 Å². The smallest absolute Gasteiger partial charge is 0.307 e. The number of hydrogen-bond donors (Lipinski definition) is 2. The van der Waals surface area contributed by atoms with Crippen molar-refractivity contribution in [3.63, 3.8) is 0 Å². The quantitative estimate of drug-likeness (QED) is 0.453. The number of rotatable bonds is 7. The van der Waals surface area contributed by atoms with Crippen molar-refractivity contribution >= 4 is 19.6 Å². The molecule has 0 aliphatic rings. The molecule has 1 aromatic carbocycles. The van der Waals surface area contributed by atoms with Crippen molar-refractivity contribution in [1.29, 1.82) is 0 Å². The molecular formula is C16H24BNO4. The van der Waals surface area contributed by atoms with E-state index >= 15 is 0 Å². The first kappa shape index (κ1) is 18.2. The van der Waals surface area contributed by atoms with Crippen LogP contribution >= 0.6 is 0 Å². The molecule has 0 spiro atoms. The van der Waals surface area contributed by atoms with Crippen LogP contribution in [0.2, 0.25) is 0 Å². The van der Waals surface area contributed by atoms with Crippen LogP contribution in [-0.2, 0) is 20.7 Å². The molecule has 0 bridgehead atoms. The molecule has 0 unspecified atom stereocenters. The Labute approximate surface area is 132 Å². The predicted molar refractivity (Wildman–Crippen MR) is 87.8 cm³/mol. The highest BCUT2D eigenvalue weighted by Gasteiger charge is 2.21. The molecule has 0 radical (unpaired) electrons. The average Bonchev–Trinajstić information content (AvgIpc) is 2.38. The molecule has 0 saturated carbocycles. The molecule has 22 heavy (non-hydrogen) atoms. The van der Waals surface area contributed by atoms with Crippen LogP contribution in [0.5, 0.6) is 5.75 Å². The molecule has 0 fully saturated rings. The molecule has 1 atom stereocenters. The molecule has 0 saturated heterocycles. The number of phenols is 1. The molecular weight excluding hydrogens is 281 g/mol. The second-order valence-electron chi connectivity index (χ2n) is 6.38. The zero-order chi connectivity index (χ0) is 16.8. The van der Waals surface area contributed by atoms with Gasteiger partial charge in [-0.3, -0.25) is 4.79 Å². The Bertz CT molecular complexity index is 525. The van der Waals surface area contributed by atoms with Gasteiger partial charge in [0.1, 0.15) is 11.4 Å². The monoisotopic (exact) mass is 305 g/mol. The van der Waals surface area contributed by atoms with Gasteiger partial charge in [-0.1, -0.05) is 6.07 Å². The predicted octanol–water partition coefficient (Wildman–Crippen LogP) is 1.47. The summed E-state index contributed by atoms with van der Waals surface area (Å²) in [4.78, 5) is 22.6. The van der Waals surface area contributed by atoms with Crippen molar-refractivity contribution in [3.05, 3.63) is 29.3 Å². The standard InChI is InChI=1S/C16H24BNO4/c1-11-5-6-14(20)8-12(11)7-13(18-17-10-19)9-15(21)22-16(2,3)4/h5-6,8,10,13,17-18,20H,7,9H2,1-4H3/t13-/m0/s1. The van der Waals surface area contributed by atoms with E-state index in [9.17, 15) is 14.7 Å². The minimum Gasteiger partial charge on any atom is -0.508 e. The second kappa shape index (κ2) is 7.99. The first-order chi connectivity index (χ1) is 10.2. The summed E-state index contributed by atoms with van der Waals surface area (Å²) in [6.07, 6.45) is 1.46. The molecule has 0 heterocycles. The molecule has 1 rings (SSSR count). The van der Waals surface area contributed by atoms with Gasteiger partial charge in [0.05, 0.1) is 12.6 Å². The van der Waals surface area contributed by atoms with Gasteiger partial charge in [0.2, 0.25) is 0 Å². The zero-order valence-corrected chi connectivity index (χ0v) is 13.7. The van der Waals surface area contributed by atoms with Gasteiger partial charge in [0, 0.05) is 6.04 Å². The molecule has 1 aromatic rings. The Morgan fingerprint density at radius 1 is 1.45 bits per heavy atom. The molecule has 6 heteroatoms. The number of carbonyl (C=O) groups is 2. The van der Waals surface area contributed by atoms with Crippen molar-refractivity contribution in [3.8, 4) is 5.75 Å². The first-order valence-electron chi connectivity index (χ1n) is 7.38. The Kier molecular flexibility index (Phi) is 6.62. The maximum Gasteiger partial charge on any atom is 0.307 e. The van der Waals surface area contributed by atoms with E-state index in [1.807, 2.05) is 33.8 Å². The molecule has 0 aliphatic heterocycles. The Hall–Kier alpha value is -1.82. The van der Waals surface area contributed by atoms with Crippen molar-refractivity contribution in [2.24, 2.45) is 0 Å². The average molecular weight is 305 g/mol. The van der Waals surface area contributed by atoms with E-state index < -0.39 is 5.60 Å². The summed E-state index contributed by atoms with van der Waals surface area (Å²) in [6, 6.07) is 4.91. The third-order valence-electron chi connectivity index (χ3n) is 3.12. The molecule has 5 nitrogen and oxygen atoms in total. The fraction of sp³-hybridized carbons (Fsp3) is 0.500. The number of phenolic OH excluding ortho intramolecular Hbond substituents is 1. The lowest BCUT2D eigenvalue weighted by atomic mass is 9.91. The van der Waals surface area contributed by atoms with E-state index in [1.54, 1.807) is 12.1 Å². The van der Waals surface area contributed by atoms with Gasteiger partial charge in [-0.2, -0.15) is 0 Å². The van der Waals surface area contributed by atoms with Crippen molar-refractivity contribution in [1.82, 2.24) is 5.23 Å². The van der Waals surface area contributed by atoms with Gasteiger partial charge in [0.25, 0.3) is 7.41 Å². The van der Waals surface area contributed by atoms with Gasteiger partial charge in [0.15, 0.2) is 0 Å². The molecule has 2 N–H and O–H groups in total. The van der Waals surface area contributed by atoms with Gasteiger partial charge < -0.3 is 19.9 Å². The van der Waals surface area contributed by atoms with Crippen molar-refractivity contribution < 1.29 is 19.4 Å². The topological polar surface area (TPSA) is 75.6 Å². The highest BCUT2D eigenvalue weighted by Crippen LogP contribution is 2.19. The number of esters is 1. The minimum absolute atomic E-state index is 0.167. The number of ether oxygens (including phenoxy) is 1. The van der Waals surface area contributed by atoms with E-state index in [4.69, 9.17) is 4.74 Å². The minimum atomic E-state index is -0.534. The van der Waals surface area contributed by atoms with Crippen LogP contribution in [0, 0.1) is 6.92 Å². The number of aromatic hydroxyl groups is 1. The van der Waals surface area contributed by atoms with Crippen LogP contribution in [-0.4, -0.2) is 36.3 Å². The number of hydrogen-bond acceptors (Lipinski definition) is 5. The van der Waals surface area contributed by atoms with E-state index in [2.05, 4.69) is 5.23 Å². The van der Waals surface area contributed by atoms with E-state index in [1.165, 1.54) is 0 Å². The van der Waals surface area contributed by atoms with Crippen molar-refractivity contribution in [2.75, 3.05) is 0 Å². The molecule has 0 amide bonds. The Balaban J connectivity index is 2.77. The first-order valence-corrected chi connectivity index (χ1v) is 7.38. The summed E-state index contributed by atoms with van der Waals surface area (Å²) in [6.45, 7) is 7.40. The van der Waals surface area contributed by atoms with Crippen LogP contribution in [0.15, 0.2) is 18.2 Å². The summed E-state index contributed by atoms with van der Waals surface area (Å²) < 4.78 is 5.32. The summed E-state index contributed by atoms with van der Waals surface area (Å²) >= 11 is 0. The fourth-order valence-electron chi connectivity index (χ4n) is 2.16. The summed E-state index contributed by atoms with van der Waals surface area (Å²) in [7, 11) is 0.172. The lowest BCUT2D eigenvalue weighted by molar-refractivity contribution is -0.155. The van der Waals surface area contributed by atoms with Crippen LogP contribution in [0.4, 0.5) is 0 Å². The van der Waals surface area contributed by atoms with E-state index in [-0.39, 0.29) is 31.6 Å². The maximum atomic E-state index is 12.0. The normalized spacial score (nSPS) is 12.5. The lowest BCUT2D eigenvalue weighted by Gasteiger charge is -2.23. The van der Waals surface area contributed by atoms with Gasteiger partial charge in [-0.15, -0.1) is 0 Å². The largest absolute Gasteiger partial charge is 0.508 e. The fourth-order valence-corrected chi connectivity index (χ4v) is 2.16. The summed E-state index contributed by atoms with van der Waals surface area (Å²) in [5, 5.41) is 12.6. The van der Waals surface area contributed by atoms with Crippen molar-refractivity contribution in [2.45, 2.75) is 52.2 Å². The number of nitrogens with one attached hydrogen (secondary N) is 1. The molecule has 0 aromatic heterocycles. The Morgan fingerprint density at radius 3 is 2.73 bits per heavy atom. The summed E-state index contributed by atoms with van der Waals surface area (Å²) in [5.74, 6) is -0.124. The third-order valence-corrected chi connectivity index (χ3v) is 3.12. The van der Waals surface area contributed by atoms with E-state index in [0.717, 1.165) is 17.3 Å². The van der Waals surface area contributed by atoms with Gasteiger partial charge in [-0.25, -0.2) is 0 Å². The number of carbonyl (C=O) groups excluding carboxylic acids is 2. The Morgan fingerprint density at radius 2 is 2.14 bits per heavy atom. The van der Waals surface area contributed by atoms with Crippen LogP contribution < -0.4 is 5.23 Å². The van der Waals surface area contributed by atoms with Gasteiger partial charge >= 0.3 is 5.97 Å². The molecule has 120 valence electrons. The second-order valence-corrected chi connectivity index (χ2v) is 6.38. The maximum absolute atomic E-state index is 12.0. The number of aryl methyl sites for hydroxylation is 1. The third kappa shape index (κ3) is 6.76. The van der Waals surface area contributed by atoms with Gasteiger partial charge in [-0.05, 0) is 57.4 Å². The van der Waals surface area contributed by atoms with Crippen LogP contribution in [0.1, 0.15) is 38.3 Å². The summed E-state index contributed by atoms with van der Waals surface area (Å²) in [5.41, 5.74) is 1.43. The lowest BCUT2D eigenvalue weighted by Crippen LogP contribution is -2.38. The molecule has 0 aliphatic carbocycles. The zero-order valence-electron chi connectivity index (χ0n) is 13.7. The SMILES string of the molecule is Cc1ccc(O)cc1C[C@@H](CC(=O)OC(C)(C)C)NBC=O. The van der Waals surface area contributed by atoms with Crippen LogP contribution in [0.3, 0.4) is 0 Å². The highest BCUT2D eigenvalue weighted by molar-refractivity contribution is 6.64.